The molecule has 1 N–H and O–H groups in total. The number of aromatic hydroxyl groups is 1. The number of aryl methyl sites for hydroxylation is 2. The second-order valence-corrected chi connectivity index (χ2v) is 7.58. The van der Waals surface area contributed by atoms with E-state index in [1.54, 1.807) is 12.1 Å². The van der Waals surface area contributed by atoms with Crippen molar-refractivity contribution < 1.29 is 5.11 Å². The molecule has 0 radical (unpaired) electrons. The third-order valence-corrected chi connectivity index (χ3v) is 6.60. The molecule has 0 saturated carbocycles. The Morgan fingerprint density at radius 3 is 1.55 bits per heavy atom. The molecule has 3 aromatic carbocycles. The molecule has 0 unspecified atom stereocenters. The molecule has 0 aliphatic carbocycles. The first kappa shape index (κ1) is 14.8. The molecule has 2 heteroatoms. The van der Waals surface area contributed by atoms with Crippen LogP contribution in [0.2, 0.25) is 0 Å². The van der Waals surface area contributed by atoms with Crippen molar-refractivity contribution in [1.29, 1.82) is 0 Å². The van der Waals surface area contributed by atoms with Crippen molar-refractivity contribution in [3.63, 3.8) is 0 Å². The number of benzene rings is 3. The summed E-state index contributed by atoms with van der Waals surface area (Å²) in [5.41, 5.74) is 2.62. The second kappa shape index (κ2) is 6.34. The largest absolute Gasteiger partial charge is 0.508 e. The van der Waals surface area contributed by atoms with Gasteiger partial charge in [-0.25, -0.2) is 0 Å². The zero-order valence-corrected chi connectivity index (χ0v) is 13.7. The van der Waals surface area contributed by atoms with Crippen LogP contribution >= 0.6 is 7.92 Å². The Balaban J connectivity index is 2.21. The summed E-state index contributed by atoms with van der Waals surface area (Å²) in [5.74, 6) is 0.313. The SMILES string of the molecule is Cc1ccccc1P(c1ccc(O)cc1)c1ccccc1C. The highest BCUT2D eigenvalue weighted by atomic mass is 31.1. The van der Waals surface area contributed by atoms with Crippen molar-refractivity contribution in [2.45, 2.75) is 13.8 Å². The van der Waals surface area contributed by atoms with Crippen LogP contribution in [0.3, 0.4) is 0 Å². The van der Waals surface area contributed by atoms with Crippen LogP contribution in [0, 0.1) is 13.8 Å². The molecular formula is C20H19OP. The van der Waals surface area contributed by atoms with Gasteiger partial charge in [0.25, 0.3) is 0 Å². The number of hydrogen-bond acceptors (Lipinski definition) is 1. The molecule has 0 bridgehead atoms. The number of rotatable bonds is 3. The molecule has 3 rings (SSSR count). The van der Waals surface area contributed by atoms with Gasteiger partial charge in [0.2, 0.25) is 0 Å². The summed E-state index contributed by atoms with van der Waals surface area (Å²) >= 11 is 0. The molecule has 0 fully saturated rings. The van der Waals surface area contributed by atoms with E-state index in [0.717, 1.165) is 0 Å². The van der Waals surface area contributed by atoms with Crippen LogP contribution in [0.1, 0.15) is 11.1 Å². The van der Waals surface area contributed by atoms with Gasteiger partial charge in [-0.2, -0.15) is 0 Å². The predicted molar refractivity (Wildman–Crippen MR) is 96.3 cm³/mol. The lowest BCUT2D eigenvalue weighted by Gasteiger charge is -2.22. The summed E-state index contributed by atoms with van der Waals surface area (Å²) in [6.07, 6.45) is 0. The molecular weight excluding hydrogens is 287 g/mol. The van der Waals surface area contributed by atoms with E-state index in [2.05, 4.69) is 62.4 Å². The van der Waals surface area contributed by atoms with E-state index in [-0.39, 0.29) is 0 Å². The van der Waals surface area contributed by atoms with Crippen LogP contribution < -0.4 is 15.9 Å². The van der Waals surface area contributed by atoms with Crippen molar-refractivity contribution in [2.75, 3.05) is 0 Å². The van der Waals surface area contributed by atoms with E-state index >= 15 is 0 Å². The second-order valence-electron chi connectivity index (χ2n) is 5.42. The van der Waals surface area contributed by atoms with Crippen LogP contribution in [-0.4, -0.2) is 5.11 Å². The van der Waals surface area contributed by atoms with Gasteiger partial charge in [0, 0.05) is 0 Å². The lowest BCUT2D eigenvalue weighted by atomic mass is 10.2. The van der Waals surface area contributed by atoms with Crippen LogP contribution in [0.15, 0.2) is 72.8 Å². The molecule has 0 aliphatic heterocycles. The third-order valence-electron chi connectivity index (χ3n) is 3.82. The smallest absolute Gasteiger partial charge is 0.115 e. The number of phenolic OH excluding ortho intramolecular Hbond substituents is 1. The minimum Gasteiger partial charge on any atom is -0.508 e. The summed E-state index contributed by atoms with van der Waals surface area (Å²) in [6.45, 7) is 4.34. The highest BCUT2D eigenvalue weighted by Gasteiger charge is 2.19. The fourth-order valence-electron chi connectivity index (χ4n) is 2.64. The maximum absolute atomic E-state index is 9.60. The zero-order valence-electron chi connectivity index (χ0n) is 12.8. The average molecular weight is 306 g/mol. The zero-order chi connectivity index (χ0) is 15.5. The van der Waals surface area contributed by atoms with Crippen LogP contribution in [0.5, 0.6) is 5.75 Å². The molecule has 110 valence electrons. The summed E-state index contributed by atoms with van der Waals surface area (Å²) in [6, 6.07) is 24.8. The lowest BCUT2D eigenvalue weighted by molar-refractivity contribution is 0.475. The van der Waals surface area contributed by atoms with Gasteiger partial charge in [0.15, 0.2) is 0 Å². The normalized spacial score (nSPS) is 10.9. The minimum atomic E-state index is -0.611. The Morgan fingerprint density at radius 2 is 1.09 bits per heavy atom. The maximum Gasteiger partial charge on any atom is 0.115 e. The van der Waals surface area contributed by atoms with Crippen molar-refractivity contribution in [1.82, 2.24) is 0 Å². The first-order chi connectivity index (χ1) is 10.7. The van der Waals surface area contributed by atoms with Gasteiger partial charge in [-0.05, 0) is 60.9 Å². The lowest BCUT2D eigenvalue weighted by Crippen LogP contribution is -2.23. The predicted octanol–water partition coefficient (Wildman–Crippen LogP) is 3.77. The number of phenols is 1. The summed E-state index contributed by atoms with van der Waals surface area (Å²) in [5, 5.41) is 13.6. The van der Waals surface area contributed by atoms with Gasteiger partial charge in [0.05, 0.1) is 0 Å². The Morgan fingerprint density at radius 1 is 0.636 bits per heavy atom. The molecule has 3 aromatic rings. The van der Waals surface area contributed by atoms with Gasteiger partial charge in [-0.3, -0.25) is 0 Å². The molecule has 0 aliphatic rings. The molecule has 0 amide bonds. The Kier molecular flexibility index (Phi) is 4.27. The van der Waals surface area contributed by atoms with E-state index in [9.17, 15) is 5.11 Å². The summed E-state index contributed by atoms with van der Waals surface area (Å²) in [7, 11) is -0.611. The van der Waals surface area contributed by atoms with E-state index in [4.69, 9.17) is 0 Å². The Labute approximate surface area is 133 Å². The number of hydrogen-bond donors (Lipinski definition) is 1. The molecule has 1 nitrogen and oxygen atoms in total. The Bertz CT molecular complexity index is 732. The van der Waals surface area contributed by atoms with Crippen molar-refractivity contribution in [2.24, 2.45) is 0 Å². The van der Waals surface area contributed by atoms with E-state index in [0.29, 0.717) is 5.75 Å². The standard InChI is InChI=1S/C20H19OP/c1-15-7-3-5-9-19(15)22(18-13-11-17(21)12-14-18)20-10-6-4-8-16(20)2/h3-14,21H,1-2H3. The van der Waals surface area contributed by atoms with Crippen LogP contribution in [0.4, 0.5) is 0 Å². The van der Waals surface area contributed by atoms with Crippen molar-refractivity contribution in [3.8, 4) is 5.75 Å². The van der Waals surface area contributed by atoms with Gasteiger partial charge < -0.3 is 5.11 Å². The highest BCUT2D eigenvalue weighted by Crippen LogP contribution is 2.35. The summed E-state index contributed by atoms with van der Waals surface area (Å²) in [4.78, 5) is 0. The Hall–Kier alpha value is -2.11. The van der Waals surface area contributed by atoms with Crippen LogP contribution in [0.25, 0.3) is 0 Å². The van der Waals surface area contributed by atoms with E-state index in [1.807, 2.05) is 12.1 Å². The monoisotopic (exact) mass is 306 g/mol. The fourth-order valence-corrected chi connectivity index (χ4v) is 5.23. The molecule has 22 heavy (non-hydrogen) atoms. The van der Waals surface area contributed by atoms with Gasteiger partial charge >= 0.3 is 0 Å². The fraction of sp³-hybridized carbons (Fsp3) is 0.100. The topological polar surface area (TPSA) is 20.2 Å². The molecule has 0 spiro atoms. The van der Waals surface area contributed by atoms with Gasteiger partial charge in [-0.15, -0.1) is 0 Å². The molecule has 0 aromatic heterocycles. The van der Waals surface area contributed by atoms with E-state index in [1.165, 1.54) is 27.0 Å². The minimum absolute atomic E-state index is 0.313. The van der Waals surface area contributed by atoms with Crippen LogP contribution in [-0.2, 0) is 0 Å². The van der Waals surface area contributed by atoms with Gasteiger partial charge in [-0.1, -0.05) is 60.7 Å². The first-order valence-electron chi connectivity index (χ1n) is 7.37. The summed E-state index contributed by atoms with van der Waals surface area (Å²) < 4.78 is 0. The molecule has 0 saturated heterocycles. The van der Waals surface area contributed by atoms with Gasteiger partial charge in [0.1, 0.15) is 5.75 Å². The van der Waals surface area contributed by atoms with E-state index < -0.39 is 7.92 Å². The molecule has 0 heterocycles. The first-order valence-corrected chi connectivity index (χ1v) is 8.71. The van der Waals surface area contributed by atoms with Crippen molar-refractivity contribution >= 4 is 23.8 Å². The average Bonchev–Trinajstić information content (AvgIpc) is 2.53. The van der Waals surface area contributed by atoms with Crippen molar-refractivity contribution in [3.05, 3.63) is 83.9 Å². The molecule has 0 atom stereocenters. The third kappa shape index (κ3) is 2.91. The maximum atomic E-state index is 9.60. The highest BCUT2D eigenvalue weighted by molar-refractivity contribution is 7.80. The quantitative estimate of drug-likeness (QED) is 0.730.